The number of carbonyl (C=O) groups is 2. The molecule has 1 rings (SSSR count). The maximum atomic E-state index is 12.4. The van der Waals surface area contributed by atoms with Crippen LogP contribution >= 0.6 is 0 Å². The zero-order valence-electron chi connectivity index (χ0n) is 10.6. The molecule has 1 heterocycles. The van der Waals surface area contributed by atoms with E-state index in [2.05, 4.69) is 4.74 Å². The minimum Gasteiger partial charge on any atom is -0.466 e. The highest BCUT2D eigenvalue weighted by molar-refractivity contribution is 5.81. The van der Waals surface area contributed by atoms with Crippen molar-refractivity contribution in [1.82, 2.24) is 4.90 Å². The molecular weight excluding hydrogens is 263 g/mol. The van der Waals surface area contributed by atoms with Gasteiger partial charge in [-0.2, -0.15) is 13.2 Å². The summed E-state index contributed by atoms with van der Waals surface area (Å²) in [5.74, 6) is -0.801. The molecule has 1 amide bonds. The topological polar surface area (TPSA) is 46.6 Å². The van der Waals surface area contributed by atoms with Crippen LogP contribution in [0, 0.1) is 0 Å². The molecule has 0 aromatic rings. The molecule has 4 nitrogen and oxygen atoms in total. The minimum absolute atomic E-state index is 0.0337. The van der Waals surface area contributed by atoms with Crippen LogP contribution in [0.15, 0.2) is 11.6 Å². The fourth-order valence-corrected chi connectivity index (χ4v) is 1.75. The smallest absolute Gasteiger partial charge is 0.412 e. The Bertz CT molecular complexity index is 377. The van der Waals surface area contributed by atoms with Crippen LogP contribution in [0.2, 0.25) is 0 Å². The van der Waals surface area contributed by atoms with Crippen LogP contribution in [0.4, 0.5) is 13.2 Å². The van der Waals surface area contributed by atoms with Crippen LogP contribution in [-0.2, 0) is 14.3 Å². The van der Waals surface area contributed by atoms with Crippen LogP contribution in [0.5, 0.6) is 0 Å². The van der Waals surface area contributed by atoms with Crippen molar-refractivity contribution in [3.63, 3.8) is 0 Å². The van der Waals surface area contributed by atoms with E-state index in [1.165, 1.54) is 4.90 Å². The Kier molecular flexibility index (Phi) is 5.38. The van der Waals surface area contributed by atoms with E-state index < -0.39 is 17.7 Å². The number of nitrogens with zero attached hydrogens (tertiary/aromatic N) is 1. The third-order valence-electron chi connectivity index (χ3n) is 2.77. The Hall–Kier alpha value is -1.53. The number of esters is 1. The molecular formula is C12H16F3NO3. The average molecular weight is 279 g/mol. The van der Waals surface area contributed by atoms with Crippen molar-refractivity contribution in [2.24, 2.45) is 0 Å². The van der Waals surface area contributed by atoms with E-state index in [9.17, 15) is 22.8 Å². The van der Waals surface area contributed by atoms with Gasteiger partial charge in [-0.05, 0) is 13.3 Å². The summed E-state index contributed by atoms with van der Waals surface area (Å²) in [6.07, 6.45) is -3.58. The molecule has 0 N–H and O–H groups in total. The second-order valence-corrected chi connectivity index (χ2v) is 4.12. The van der Waals surface area contributed by atoms with Crippen molar-refractivity contribution in [1.29, 1.82) is 0 Å². The lowest BCUT2D eigenvalue weighted by molar-refractivity contribution is -0.145. The predicted octanol–water partition coefficient (Wildman–Crippen LogP) is 2.05. The normalized spacial score (nSPS) is 16.0. The van der Waals surface area contributed by atoms with Gasteiger partial charge in [0.2, 0.25) is 5.91 Å². The van der Waals surface area contributed by atoms with Gasteiger partial charge in [-0.3, -0.25) is 9.59 Å². The Morgan fingerprint density at radius 3 is 2.53 bits per heavy atom. The van der Waals surface area contributed by atoms with Crippen molar-refractivity contribution in [2.45, 2.75) is 32.4 Å². The van der Waals surface area contributed by atoms with Crippen LogP contribution in [0.25, 0.3) is 0 Å². The van der Waals surface area contributed by atoms with E-state index in [0.29, 0.717) is 0 Å². The summed E-state index contributed by atoms with van der Waals surface area (Å²) in [4.78, 5) is 24.0. The number of rotatable bonds is 4. The van der Waals surface area contributed by atoms with Gasteiger partial charge >= 0.3 is 12.1 Å². The standard InChI is InChI=1S/C12H16F3NO3/c1-2-19-11(18)4-3-10(17)16-7-5-9(6-8-16)12(13,14)15/h5H,2-4,6-8H2,1H3. The van der Waals surface area contributed by atoms with Gasteiger partial charge < -0.3 is 9.64 Å². The van der Waals surface area contributed by atoms with Crippen molar-refractivity contribution >= 4 is 11.9 Å². The zero-order chi connectivity index (χ0) is 14.5. The Balaban J connectivity index is 2.41. The summed E-state index contributed by atoms with van der Waals surface area (Å²) < 4.78 is 41.8. The fourth-order valence-electron chi connectivity index (χ4n) is 1.75. The van der Waals surface area contributed by atoms with E-state index in [1.807, 2.05) is 0 Å². The largest absolute Gasteiger partial charge is 0.466 e. The molecule has 7 heteroatoms. The van der Waals surface area contributed by atoms with E-state index in [4.69, 9.17) is 0 Å². The fraction of sp³-hybridized carbons (Fsp3) is 0.667. The first kappa shape index (κ1) is 15.5. The second kappa shape index (κ2) is 6.58. The molecule has 0 bridgehead atoms. The molecule has 0 atom stereocenters. The monoisotopic (exact) mass is 279 g/mol. The lowest BCUT2D eigenvalue weighted by Crippen LogP contribution is -2.36. The maximum Gasteiger partial charge on any atom is 0.412 e. The highest BCUT2D eigenvalue weighted by Gasteiger charge is 2.35. The molecule has 1 aliphatic rings. The number of ether oxygens (including phenoxy) is 1. The number of halogens is 3. The summed E-state index contributed by atoms with van der Waals surface area (Å²) >= 11 is 0. The van der Waals surface area contributed by atoms with Crippen LogP contribution < -0.4 is 0 Å². The number of amides is 1. The van der Waals surface area contributed by atoms with Gasteiger partial charge in [0.1, 0.15) is 0 Å². The Labute approximate surface area is 109 Å². The van der Waals surface area contributed by atoms with Crippen molar-refractivity contribution in [2.75, 3.05) is 19.7 Å². The minimum atomic E-state index is -4.32. The van der Waals surface area contributed by atoms with Crippen LogP contribution in [0.3, 0.4) is 0 Å². The number of hydrogen-bond donors (Lipinski definition) is 0. The van der Waals surface area contributed by atoms with Crippen molar-refractivity contribution in [3.05, 3.63) is 11.6 Å². The number of carbonyl (C=O) groups excluding carboxylic acids is 2. The summed E-state index contributed by atoms with van der Waals surface area (Å²) in [6, 6.07) is 0. The quantitative estimate of drug-likeness (QED) is 0.584. The molecule has 1 aliphatic heterocycles. The third-order valence-corrected chi connectivity index (χ3v) is 2.77. The van der Waals surface area contributed by atoms with E-state index in [-0.39, 0.29) is 44.9 Å². The molecule has 0 radical (unpaired) electrons. The summed E-state index contributed by atoms with van der Waals surface area (Å²) in [6.45, 7) is 1.88. The van der Waals surface area contributed by atoms with E-state index >= 15 is 0 Å². The lowest BCUT2D eigenvalue weighted by Gasteiger charge is -2.27. The first-order chi connectivity index (χ1) is 8.84. The van der Waals surface area contributed by atoms with Crippen molar-refractivity contribution < 1.29 is 27.5 Å². The lowest BCUT2D eigenvalue weighted by atomic mass is 10.1. The van der Waals surface area contributed by atoms with Gasteiger partial charge in [-0.25, -0.2) is 0 Å². The molecule has 19 heavy (non-hydrogen) atoms. The number of hydrogen-bond acceptors (Lipinski definition) is 3. The van der Waals surface area contributed by atoms with Crippen LogP contribution in [0.1, 0.15) is 26.2 Å². The third kappa shape index (κ3) is 4.92. The molecule has 0 fully saturated rings. The van der Waals surface area contributed by atoms with Gasteiger partial charge in [0.15, 0.2) is 0 Å². The summed E-state index contributed by atoms with van der Waals surface area (Å²) in [5, 5.41) is 0. The second-order valence-electron chi connectivity index (χ2n) is 4.12. The predicted molar refractivity (Wildman–Crippen MR) is 61.2 cm³/mol. The average Bonchev–Trinajstić information content (AvgIpc) is 2.35. The molecule has 0 aliphatic carbocycles. The van der Waals surface area contributed by atoms with Gasteiger partial charge in [-0.1, -0.05) is 6.08 Å². The molecule has 0 saturated carbocycles. The van der Waals surface area contributed by atoms with Gasteiger partial charge in [0, 0.05) is 25.1 Å². The Morgan fingerprint density at radius 2 is 2.05 bits per heavy atom. The molecule has 0 aromatic heterocycles. The molecule has 0 spiro atoms. The molecule has 108 valence electrons. The first-order valence-electron chi connectivity index (χ1n) is 6.04. The van der Waals surface area contributed by atoms with Gasteiger partial charge in [-0.15, -0.1) is 0 Å². The highest BCUT2D eigenvalue weighted by Crippen LogP contribution is 2.30. The maximum absolute atomic E-state index is 12.4. The van der Waals surface area contributed by atoms with E-state index in [0.717, 1.165) is 6.08 Å². The van der Waals surface area contributed by atoms with E-state index in [1.54, 1.807) is 6.92 Å². The summed E-state index contributed by atoms with van der Waals surface area (Å²) in [7, 11) is 0. The van der Waals surface area contributed by atoms with Crippen LogP contribution in [-0.4, -0.2) is 42.6 Å². The highest BCUT2D eigenvalue weighted by atomic mass is 19.4. The first-order valence-corrected chi connectivity index (χ1v) is 6.04. The molecule has 0 aromatic carbocycles. The molecule has 0 saturated heterocycles. The summed E-state index contributed by atoms with van der Waals surface area (Å²) in [5.41, 5.74) is -0.595. The Morgan fingerprint density at radius 1 is 1.37 bits per heavy atom. The number of alkyl halides is 3. The SMILES string of the molecule is CCOC(=O)CCC(=O)N1CC=C(C(F)(F)F)CC1. The van der Waals surface area contributed by atoms with Crippen molar-refractivity contribution in [3.8, 4) is 0 Å². The van der Waals surface area contributed by atoms with Gasteiger partial charge in [0.05, 0.1) is 13.0 Å². The van der Waals surface area contributed by atoms with Gasteiger partial charge in [0.25, 0.3) is 0 Å². The zero-order valence-corrected chi connectivity index (χ0v) is 10.6. The molecule has 0 unspecified atom stereocenters.